The van der Waals surface area contributed by atoms with Crippen LogP contribution < -0.4 is 10.1 Å². The Labute approximate surface area is 185 Å². The molecule has 12 heteroatoms. The summed E-state index contributed by atoms with van der Waals surface area (Å²) in [5.41, 5.74) is -4.59. The number of rotatable bonds is 11. The van der Waals surface area contributed by atoms with E-state index in [1.807, 2.05) is 0 Å². The fraction of sp³-hybridized carbons (Fsp3) is 0.600. The number of hydrogen-bond acceptors (Lipinski definition) is 5. The Kier molecular flexibility index (Phi) is 8.86. The van der Waals surface area contributed by atoms with Gasteiger partial charge in [0, 0.05) is 17.7 Å². The molecule has 0 fully saturated rings. The van der Waals surface area contributed by atoms with E-state index in [1.54, 1.807) is 6.92 Å². The number of alkyl halides is 6. The number of carbonyl (C=O) groups is 2. The van der Waals surface area contributed by atoms with Gasteiger partial charge in [0.15, 0.2) is 5.62 Å². The third-order valence-electron chi connectivity index (χ3n) is 4.93. The van der Waals surface area contributed by atoms with Crippen molar-refractivity contribution in [3.8, 4) is 5.75 Å². The van der Waals surface area contributed by atoms with Crippen molar-refractivity contribution in [3.63, 3.8) is 0 Å². The number of thioether (sulfide) groups is 1. The van der Waals surface area contributed by atoms with Crippen molar-refractivity contribution in [2.45, 2.75) is 57.2 Å². The van der Waals surface area contributed by atoms with E-state index in [4.69, 9.17) is 4.74 Å². The fourth-order valence-corrected chi connectivity index (χ4v) is 3.83. The van der Waals surface area contributed by atoms with Crippen molar-refractivity contribution in [2.24, 2.45) is 0 Å². The molecule has 32 heavy (non-hydrogen) atoms. The molecule has 5 nitrogen and oxygen atoms in total. The van der Waals surface area contributed by atoms with Crippen LogP contribution in [-0.4, -0.2) is 42.8 Å². The van der Waals surface area contributed by atoms with Gasteiger partial charge in [0.2, 0.25) is 5.91 Å². The van der Waals surface area contributed by atoms with E-state index >= 15 is 0 Å². The summed E-state index contributed by atoms with van der Waals surface area (Å²) in [6.07, 6.45) is -9.58. The Hall–Kier alpha value is -1.95. The molecule has 0 atom stereocenters. The predicted molar refractivity (Wildman–Crippen MR) is 106 cm³/mol. The highest BCUT2D eigenvalue weighted by molar-refractivity contribution is 8.12. The number of benzene rings is 1. The molecule has 1 aromatic rings. The molecule has 1 heterocycles. The third kappa shape index (κ3) is 5.51. The van der Waals surface area contributed by atoms with Gasteiger partial charge in [-0.1, -0.05) is 31.2 Å². The molecule has 2 rings (SSSR count). The molecule has 1 aliphatic rings. The predicted octanol–water partition coefficient (Wildman–Crippen LogP) is 4.69. The molecule has 0 spiro atoms. The number of halogens is 6. The van der Waals surface area contributed by atoms with E-state index in [2.05, 4.69) is 10.1 Å². The van der Waals surface area contributed by atoms with Gasteiger partial charge in [-0.15, -0.1) is 0 Å². The lowest BCUT2D eigenvalue weighted by Crippen LogP contribution is -2.53. The van der Waals surface area contributed by atoms with E-state index in [0.717, 1.165) is 23.9 Å². The van der Waals surface area contributed by atoms with Crippen LogP contribution in [-0.2, 0) is 33.0 Å². The first-order chi connectivity index (χ1) is 15.0. The second-order valence-electron chi connectivity index (χ2n) is 7.10. The summed E-state index contributed by atoms with van der Waals surface area (Å²) in [5, 5.41) is 2.62. The molecular formula is C20H23F6NO4S. The van der Waals surface area contributed by atoms with Crippen LogP contribution in [0.1, 0.15) is 42.9 Å². The van der Waals surface area contributed by atoms with Crippen molar-refractivity contribution < 1.29 is 45.4 Å². The summed E-state index contributed by atoms with van der Waals surface area (Å²) in [5.74, 6) is -0.0417. The van der Waals surface area contributed by atoms with Crippen LogP contribution in [0.25, 0.3) is 0 Å². The monoisotopic (exact) mass is 487 g/mol. The lowest BCUT2D eigenvalue weighted by Gasteiger charge is -2.33. The van der Waals surface area contributed by atoms with Crippen molar-refractivity contribution >= 4 is 23.3 Å². The van der Waals surface area contributed by atoms with Gasteiger partial charge in [0.05, 0.1) is 19.0 Å². The molecule has 0 aromatic heterocycles. The van der Waals surface area contributed by atoms with Gasteiger partial charge in [-0.25, -0.2) is 0 Å². The van der Waals surface area contributed by atoms with Gasteiger partial charge in [-0.2, -0.15) is 26.3 Å². The zero-order chi connectivity index (χ0) is 24.0. The summed E-state index contributed by atoms with van der Waals surface area (Å²) in [6, 6.07) is 1.91. The lowest BCUT2D eigenvalue weighted by molar-refractivity contribution is -0.385. The maximum atomic E-state index is 13.5. The summed E-state index contributed by atoms with van der Waals surface area (Å²) in [6.45, 7) is 1.46. The standard InChI is InChI=1S/C20H23F6NO4S/c1-2-5-13-14-10-31-18(19(21,22)23,20(24,25)26)15(14)6-7-16(13)30-9-4-3-8-27-17(29)11-32-12-28/h6-7,12H,2-5,8-11H2,1H3,(H,27,29). The van der Waals surface area contributed by atoms with Crippen LogP contribution in [0.5, 0.6) is 5.75 Å². The molecule has 1 aliphatic heterocycles. The van der Waals surface area contributed by atoms with E-state index in [-0.39, 0.29) is 41.6 Å². The van der Waals surface area contributed by atoms with E-state index in [9.17, 15) is 35.9 Å². The van der Waals surface area contributed by atoms with Gasteiger partial charge in [0.25, 0.3) is 5.60 Å². The highest BCUT2D eigenvalue weighted by Gasteiger charge is 2.75. The Morgan fingerprint density at radius 1 is 1.22 bits per heavy atom. The second-order valence-corrected chi connectivity index (χ2v) is 7.91. The Morgan fingerprint density at radius 2 is 1.91 bits per heavy atom. The molecule has 1 amide bonds. The molecule has 0 radical (unpaired) electrons. The van der Waals surface area contributed by atoms with Gasteiger partial charge in [-0.3, -0.25) is 9.59 Å². The van der Waals surface area contributed by atoms with Gasteiger partial charge < -0.3 is 14.8 Å². The summed E-state index contributed by atoms with van der Waals surface area (Å²) >= 11 is 0.832. The number of carbonyl (C=O) groups excluding carboxylic acids is 2. The molecule has 1 N–H and O–H groups in total. The van der Waals surface area contributed by atoms with E-state index < -0.39 is 30.1 Å². The van der Waals surface area contributed by atoms with Gasteiger partial charge in [0.1, 0.15) is 5.75 Å². The first-order valence-corrected chi connectivity index (χ1v) is 10.9. The Bertz CT molecular complexity index is 799. The minimum atomic E-state index is -5.67. The molecule has 180 valence electrons. The van der Waals surface area contributed by atoms with Crippen LogP contribution in [0.4, 0.5) is 26.3 Å². The number of nitrogens with one attached hydrogen (secondary N) is 1. The molecule has 0 unspecified atom stereocenters. The van der Waals surface area contributed by atoms with Crippen molar-refractivity contribution in [2.75, 3.05) is 18.9 Å². The van der Waals surface area contributed by atoms with Crippen LogP contribution >= 0.6 is 11.8 Å². The number of unbranched alkanes of at least 4 members (excludes halogenated alkanes) is 1. The normalized spacial score (nSPS) is 15.3. The van der Waals surface area contributed by atoms with Crippen molar-refractivity contribution in [3.05, 3.63) is 28.8 Å². The fourth-order valence-electron chi connectivity index (χ4n) is 3.51. The molecule has 0 bridgehead atoms. The summed E-state index contributed by atoms with van der Waals surface area (Å²) in [4.78, 5) is 21.6. The zero-order valence-corrected chi connectivity index (χ0v) is 18.0. The lowest BCUT2D eigenvalue weighted by atomic mass is 9.87. The first kappa shape index (κ1) is 26.3. The summed E-state index contributed by atoms with van der Waals surface area (Å²) in [7, 11) is 0. The average molecular weight is 487 g/mol. The third-order valence-corrected chi connectivity index (χ3v) is 5.50. The zero-order valence-electron chi connectivity index (χ0n) is 17.2. The van der Waals surface area contributed by atoms with E-state index in [0.29, 0.717) is 31.4 Å². The van der Waals surface area contributed by atoms with Crippen molar-refractivity contribution in [1.29, 1.82) is 0 Å². The van der Waals surface area contributed by atoms with Crippen LogP contribution in [0.2, 0.25) is 0 Å². The topological polar surface area (TPSA) is 64.6 Å². The minimum Gasteiger partial charge on any atom is -0.493 e. The van der Waals surface area contributed by atoms with Crippen LogP contribution in [0.15, 0.2) is 12.1 Å². The second kappa shape index (κ2) is 10.8. The first-order valence-electron chi connectivity index (χ1n) is 9.87. The SMILES string of the molecule is CCCc1c(OCCCCNC(=O)CSC=O)ccc2c1COC2(C(F)(F)F)C(F)(F)F. The van der Waals surface area contributed by atoms with Crippen molar-refractivity contribution in [1.82, 2.24) is 5.32 Å². The number of fused-ring (bicyclic) bond motifs is 1. The van der Waals surface area contributed by atoms with Crippen LogP contribution in [0.3, 0.4) is 0 Å². The number of hydrogen-bond donors (Lipinski definition) is 1. The average Bonchev–Trinajstić information content (AvgIpc) is 3.11. The van der Waals surface area contributed by atoms with E-state index in [1.165, 1.54) is 0 Å². The van der Waals surface area contributed by atoms with Gasteiger partial charge in [-0.05, 0) is 30.9 Å². The molecular weight excluding hydrogens is 464 g/mol. The van der Waals surface area contributed by atoms with Gasteiger partial charge >= 0.3 is 12.4 Å². The molecule has 1 aromatic carbocycles. The van der Waals surface area contributed by atoms with Crippen LogP contribution in [0, 0.1) is 0 Å². The largest absolute Gasteiger partial charge is 0.493 e. The highest BCUT2D eigenvalue weighted by atomic mass is 32.2. The Balaban J connectivity index is 2.11. The molecule has 0 aliphatic carbocycles. The number of ether oxygens (including phenoxy) is 2. The smallest absolute Gasteiger partial charge is 0.430 e. The maximum Gasteiger partial charge on any atom is 0.430 e. The highest BCUT2D eigenvalue weighted by Crippen LogP contribution is 2.58. The summed E-state index contributed by atoms with van der Waals surface area (Å²) < 4.78 is 91.2. The molecule has 0 saturated heterocycles. The minimum absolute atomic E-state index is 0.0227. The quantitative estimate of drug-likeness (QED) is 0.279. The maximum absolute atomic E-state index is 13.5. The molecule has 0 saturated carbocycles. The number of amides is 1. The Morgan fingerprint density at radius 3 is 2.50 bits per heavy atom.